The molecule has 13 nitrogen and oxygen atoms in total. The number of nitrogens with zero attached hydrogens (tertiary/aromatic N) is 5. The first-order chi connectivity index (χ1) is 29.4. The van der Waals surface area contributed by atoms with Crippen molar-refractivity contribution < 1.29 is 32.7 Å². The van der Waals surface area contributed by atoms with E-state index in [4.69, 9.17) is 0 Å². The molecule has 1 saturated heterocycles. The number of carbonyl (C=O) groups is 3. The van der Waals surface area contributed by atoms with E-state index in [2.05, 4.69) is 36.2 Å². The van der Waals surface area contributed by atoms with Crippen LogP contribution >= 0.6 is 11.3 Å². The van der Waals surface area contributed by atoms with Crippen LogP contribution in [0.2, 0.25) is 0 Å². The van der Waals surface area contributed by atoms with Crippen LogP contribution < -0.4 is 21.3 Å². The van der Waals surface area contributed by atoms with Crippen molar-refractivity contribution in [3.05, 3.63) is 101 Å². The number of aliphatic hydroxyl groups excluding tert-OH is 1. The summed E-state index contributed by atoms with van der Waals surface area (Å²) < 4.78 is 40.9. The van der Waals surface area contributed by atoms with Gasteiger partial charge in [0.05, 0.1) is 51.9 Å². The number of likely N-dealkylation sites (tertiary alicyclic amines) is 1. The maximum atomic E-state index is 14.1. The van der Waals surface area contributed by atoms with Crippen molar-refractivity contribution in [3.8, 4) is 21.7 Å². The van der Waals surface area contributed by atoms with Crippen molar-refractivity contribution in [2.75, 3.05) is 25.0 Å². The van der Waals surface area contributed by atoms with Crippen LogP contribution in [0.1, 0.15) is 86.6 Å². The van der Waals surface area contributed by atoms with Crippen molar-refractivity contribution in [3.63, 3.8) is 0 Å². The Bertz CT molecular complexity index is 2320. The van der Waals surface area contributed by atoms with Crippen LogP contribution in [-0.2, 0) is 22.8 Å². The number of benzene rings is 2. The highest BCUT2D eigenvalue weighted by molar-refractivity contribution is 7.13. The molecule has 5 aromatic rings. The zero-order valence-corrected chi connectivity index (χ0v) is 36.5. The molecule has 1 fully saturated rings. The fourth-order valence-corrected chi connectivity index (χ4v) is 8.25. The highest BCUT2D eigenvalue weighted by atomic mass is 32.1. The summed E-state index contributed by atoms with van der Waals surface area (Å²) in [5, 5.41) is 23.1. The van der Waals surface area contributed by atoms with Crippen molar-refractivity contribution in [2.24, 2.45) is 12.5 Å². The third-order valence-electron chi connectivity index (χ3n) is 10.9. The lowest BCUT2D eigenvalue weighted by atomic mass is 9.85. The molecular weight excluding hydrogens is 820 g/mol. The van der Waals surface area contributed by atoms with Gasteiger partial charge in [0.2, 0.25) is 11.8 Å². The molecule has 3 amide bonds. The number of imidazole rings is 1. The van der Waals surface area contributed by atoms with Gasteiger partial charge in [-0.2, -0.15) is 13.2 Å². The lowest BCUT2D eigenvalue weighted by Gasteiger charge is -2.35. The number of β-amino-alcohol motifs (C(OH)–C–C–N with tert-alkyl or cyclic N) is 1. The second kappa shape index (κ2) is 19.6. The largest absolute Gasteiger partial charge is 0.417 e. The summed E-state index contributed by atoms with van der Waals surface area (Å²) in [6, 6.07) is 13.4. The molecule has 4 heterocycles. The second-order valence-electron chi connectivity index (χ2n) is 16.8. The number of halogens is 3. The summed E-state index contributed by atoms with van der Waals surface area (Å²) in [4.78, 5) is 56.2. The van der Waals surface area contributed by atoms with E-state index in [1.165, 1.54) is 11.0 Å². The molecule has 6 rings (SSSR count). The monoisotopic (exact) mass is 873 g/mol. The Morgan fingerprint density at radius 2 is 1.71 bits per heavy atom. The van der Waals surface area contributed by atoms with E-state index >= 15 is 0 Å². The minimum Gasteiger partial charge on any atom is -0.391 e. The normalized spacial score (nSPS) is 16.5. The maximum Gasteiger partial charge on any atom is 0.417 e. The van der Waals surface area contributed by atoms with Crippen LogP contribution in [-0.4, -0.2) is 85.1 Å². The molecule has 0 radical (unpaired) electrons. The standard InChI is InChI=1S/C45H54F3N9O4S/c1-27(29-10-12-30(13-11-29)39-28(2)53-26-62-39)54-42(60)37-21-33(58)23-57(37)43(61)40(44(3,4)5)49-18-8-7-9-19-50-41(59)31-14-16-35(34(20-31)36-24-56(6)25-52-36)55-38-17-15-32(22-51-38)45(46,47)48/h10-17,20,22,24-27,33,37,40,49,58H,7-9,18-19,21,23H2,1-6H3,(H,50,59)(H,51,55)(H,54,60)/t27-,33+,37-,40+/m0/s1. The van der Waals surface area contributed by atoms with E-state index in [1.54, 1.807) is 53.7 Å². The zero-order chi connectivity index (χ0) is 44.8. The first-order valence-electron chi connectivity index (χ1n) is 20.6. The Morgan fingerprint density at radius 1 is 0.968 bits per heavy atom. The maximum absolute atomic E-state index is 14.1. The van der Waals surface area contributed by atoms with Crippen LogP contribution in [0.3, 0.4) is 0 Å². The quantitative estimate of drug-likeness (QED) is 0.0635. The highest BCUT2D eigenvalue weighted by Crippen LogP contribution is 2.33. The molecule has 17 heteroatoms. The number of thiazole rings is 1. The minimum atomic E-state index is -4.50. The molecule has 0 bridgehead atoms. The number of alkyl halides is 3. The van der Waals surface area contributed by atoms with E-state index < -0.39 is 35.3 Å². The number of hydrogen-bond acceptors (Lipinski definition) is 10. The minimum absolute atomic E-state index is 0.0705. The molecule has 2 aromatic carbocycles. The number of aliphatic hydroxyl groups is 1. The predicted molar refractivity (Wildman–Crippen MR) is 234 cm³/mol. The lowest BCUT2D eigenvalue weighted by molar-refractivity contribution is -0.142. The number of hydrogen-bond donors (Lipinski definition) is 5. The molecule has 330 valence electrons. The lowest BCUT2D eigenvalue weighted by Crippen LogP contribution is -2.56. The molecule has 0 saturated carbocycles. The molecule has 3 aromatic heterocycles. The fourth-order valence-electron chi connectivity index (χ4n) is 7.44. The summed E-state index contributed by atoms with van der Waals surface area (Å²) in [5.74, 6) is -0.636. The number of anilines is 2. The van der Waals surface area contributed by atoms with Gasteiger partial charge in [0.25, 0.3) is 5.91 Å². The van der Waals surface area contributed by atoms with Gasteiger partial charge in [-0.3, -0.25) is 14.4 Å². The van der Waals surface area contributed by atoms with Crippen LogP contribution in [0.15, 0.2) is 78.8 Å². The van der Waals surface area contributed by atoms with Crippen LogP contribution in [0.25, 0.3) is 21.7 Å². The number of aromatic nitrogens is 4. The molecule has 1 aliphatic rings. The summed E-state index contributed by atoms with van der Waals surface area (Å²) in [5.41, 5.74) is 5.45. The van der Waals surface area contributed by atoms with E-state index in [0.717, 1.165) is 46.8 Å². The van der Waals surface area contributed by atoms with Gasteiger partial charge in [0.1, 0.15) is 11.9 Å². The number of pyridine rings is 1. The molecule has 1 aliphatic heterocycles. The number of aryl methyl sites for hydroxylation is 2. The van der Waals surface area contributed by atoms with E-state index in [-0.39, 0.29) is 42.5 Å². The third-order valence-corrected chi connectivity index (χ3v) is 11.8. The van der Waals surface area contributed by atoms with Crippen LogP contribution in [0, 0.1) is 12.3 Å². The zero-order valence-electron chi connectivity index (χ0n) is 35.7. The Labute approximate surface area is 363 Å². The van der Waals surface area contributed by atoms with Crippen molar-refractivity contribution in [2.45, 2.75) is 90.7 Å². The molecule has 4 atom stereocenters. The van der Waals surface area contributed by atoms with Crippen molar-refractivity contribution >= 4 is 40.6 Å². The van der Waals surface area contributed by atoms with Gasteiger partial charge < -0.3 is 35.8 Å². The summed E-state index contributed by atoms with van der Waals surface area (Å²) in [6.45, 7) is 10.8. The summed E-state index contributed by atoms with van der Waals surface area (Å²) in [7, 11) is 1.80. The number of unbranched alkanes of at least 4 members (excludes halogenated alkanes) is 2. The highest BCUT2D eigenvalue weighted by Gasteiger charge is 2.44. The third kappa shape index (κ3) is 11.4. The SMILES string of the molecule is Cc1ncsc1-c1ccc([C@H](C)NC(=O)[C@@H]2C[C@@H](O)CN2C(=O)[C@@H](NCCCCCNC(=O)c2ccc(Nc3ccc(C(F)(F)F)cn3)c(-c3cn(C)cn3)c2)C(C)(C)C)cc1. The first kappa shape index (κ1) is 45.9. The molecule has 0 spiro atoms. The molecule has 5 N–H and O–H groups in total. The summed E-state index contributed by atoms with van der Waals surface area (Å²) in [6.07, 6.45) is 1.14. The predicted octanol–water partition coefficient (Wildman–Crippen LogP) is 7.42. The smallest absolute Gasteiger partial charge is 0.391 e. The van der Waals surface area contributed by atoms with Gasteiger partial charge in [0.15, 0.2) is 0 Å². The summed E-state index contributed by atoms with van der Waals surface area (Å²) >= 11 is 1.58. The Balaban J connectivity index is 0.987. The number of rotatable bonds is 16. The Kier molecular flexibility index (Phi) is 14.5. The number of amides is 3. The van der Waals surface area contributed by atoms with Gasteiger partial charge in [-0.05, 0) is 80.1 Å². The Hall–Kier alpha value is -5.65. The molecule has 0 unspecified atom stereocenters. The van der Waals surface area contributed by atoms with Crippen LogP contribution in [0.5, 0.6) is 0 Å². The van der Waals surface area contributed by atoms with E-state index in [0.29, 0.717) is 42.0 Å². The first-order valence-corrected chi connectivity index (χ1v) is 21.5. The van der Waals surface area contributed by atoms with Gasteiger partial charge in [-0.1, -0.05) is 51.5 Å². The Morgan fingerprint density at radius 3 is 2.34 bits per heavy atom. The average molecular weight is 874 g/mol. The topological polar surface area (TPSA) is 166 Å². The molecular formula is C45H54F3N9O4S. The van der Waals surface area contributed by atoms with Crippen molar-refractivity contribution in [1.82, 2.24) is 40.4 Å². The van der Waals surface area contributed by atoms with Crippen molar-refractivity contribution in [1.29, 1.82) is 0 Å². The van der Waals surface area contributed by atoms with E-state index in [9.17, 15) is 32.7 Å². The van der Waals surface area contributed by atoms with Crippen LogP contribution in [0.4, 0.5) is 24.7 Å². The molecule has 0 aliphatic carbocycles. The van der Waals surface area contributed by atoms with E-state index in [1.807, 2.05) is 64.4 Å². The fraction of sp³-hybridized carbons (Fsp3) is 0.422. The second-order valence-corrected chi connectivity index (χ2v) is 17.7. The van der Waals surface area contributed by atoms with Gasteiger partial charge >= 0.3 is 6.18 Å². The molecule has 62 heavy (non-hydrogen) atoms. The number of nitrogens with one attached hydrogen (secondary N) is 4. The average Bonchev–Trinajstić information content (AvgIpc) is 3.97. The van der Waals surface area contributed by atoms with Gasteiger partial charge in [-0.15, -0.1) is 11.3 Å². The van der Waals surface area contributed by atoms with Gasteiger partial charge in [0, 0.05) is 55.8 Å². The number of carbonyl (C=O) groups excluding carboxylic acids is 3. The van der Waals surface area contributed by atoms with Gasteiger partial charge in [-0.25, -0.2) is 15.0 Å².